The van der Waals surface area contributed by atoms with Crippen molar-refractivity contribution in [3.05, 3.63) is 48.2 Å². The van der Waals surface area contributed by atoms with Crippen LogP contribution in [0.3, 0.4) is 0 Å². The number of hydrogen-bond acceptors (Lipinski definition) is 5. The first-order valence-corrected chi connectivity index (χ1v) is 6.88. The lowest BCUT2D eigenvalue weighted by molar-refractivity contribution is 0.0765. The third-order valence-corrected chi connectivity index (χ3v) is 3.36. The molecule has 3 heterocycles. The van der Waals surface area contributed by atoms with E-state index in [1.165, 1.54) is 12.4 Å². The Morgan fingerprint density at radius 3 is 3.05 bits per heavy atom. The molecule has 3 rings (SSSR count). The molecule has 1 unspecified atom stereocenters. The highest BCUT2D eigenvalue weighted by atomic mass is 16.5. The zero-order valence-electron chi connectivity index (χ0n) is 11.8. The summed E-state index contributed by atoms with van der Waals surface area (Å²) in [6.45, 7) is 3.13. The van der Waals surface area contributed by atoms with Gasteiger partial charge < -0.3 is 9.64 Å². The summed E-state index contributed by atoms with van der Waals surface area (Å²) in [7, 11) is 0. The summed E-state index contributed by atoms with van der Waals surface area (Å²) in [5, 5.41) is 0. The Kier molecular flexibility index (Phi) is 3.77. The van der Waals surface area contributed by atoms with E-state index < -0.39 is 0 Å². The van der Waals surface area contributed by atoms with E-state index in [-0.39, 0.29) is 12.0 Å². The number of carbonyl (C=O) groups excluding carboxylic acids is 1. The number of aryl methyl sites for hydroxylation is 1. The standard InChI is InChI=1S/C15H16N4O2/c1-11-3-2-4-14(18-11)21-12-5-8-19(10-12)15(20)13-9-16-6-7-17-13/h2-4,6-7,9,12H,5,8,10H2,1H3. The Balaban J connectivity index is 1.62. The summed E-state index contributed by atoms with van der Waals surface area (Å²) in [4.78, 5) is 26.3. The minimum Gasteiger partial charge on any atom is -0.472 e. The fourth-order valence-corrected chi connectivity index (χ4v) is 2.33. The smallest absolute Gasteiger partial charge is 0.274 e. The number of hydrogen-bond donors (Lipinski definition) is 0. The number of ether oxygens (including phenoxy) is 1. The second-order valence-electron chi connectivity index (χ2n) is 4.99. The number of carbonyl (C=O) groups is 1. The number of amides is 1. The zero-order chi connectivity index (χ0) is 14.7. The van der Waals surface area contributed by atoms with Gasteiger partial charge in [0.1, 0.15) is 11.8 Å². The first kappa shape index (κ1) is 13.5. The molecule has 0 aliphatic carbocycles. The van der Waals surface area contributed by atoms with Gasteiger partial charge in [-0.3, -0.25) is 9.78 Å². The number of nitrogens with zero attached hydrogens (tertiary/aromatic N) is 4. The summed E-state index contributed by atoms with van der Waals surface area (Å²) >= 11 is 0. The van der Waals surface area contributed by atoms with Gasteiger partial charge in [-0.25, -0.2) is 9.97 Å². The van der Waals surface area contributed by atoms with E-state index >= 15 is 0 Å². The second kappa shape index (κ2) is 5.87. The van der Waals surface area contributed by atoms with Gasteiger partial charge in [0.2, 0.25) is 5.88 Å². The molecule has 1 aliphatic rings. The van der Waals surface area contributed by atoms with Crippen molar-refractivity contribution in [3.8, 4) is 5.88 Å². The molecule has 1 fully saturated rings. The molecule has 21 heavy (non-hydrogen) atoms. The quantitative estimate of drug-likeness (QED) is 0.854. The van der Waals surface area contributed by atoms with Gasteiger partial charge in [-0.2, -0.15) is 0 Å². The van der Waals surface area contributed by atoms with Gasteiger partial charge in [0.25, 0.3) is 5.91 Å². The van der Waals surface area contributed by atoms with Crippen LogP contribution in [0.15, 0.2) is 36.8 Å². The van der Waals surface area contributed by atoms with Crippen molar-refractivity contribution in [1.82, 2.24) is 19.9 Å². The topological polar surface area (TPSA) is 68.2 Å². The summed E-state index contributed by atoms with van der Waals surface area (Å²) < 4.78 is 5.83. The Morgan fingerprint density at radius 2 is 2.29 bits per heavy atom. The average Bonchev–Trinajstić information content (AvgIpc) is 2.96. The molecule has 6 heteroatoms. The average molecular weight is 284 g/mol. The zero-order valence-corrected chi connectivity index (χ0v) is 11.8. The van der Waals surface area contributed by atoms with Gasteiger partial charge >= 0.3 is 0 Å². The van der Waals surface area contributed by atoms with Crippen molar-refractivity contribution in [2.75, 3.05) is 13.1 Å². The van der Waals surface area contributed by atoms with E-state index in [0.717, 1.165) is 12.1 Å². The Bertz CT molecular complexity index is 633. The highest BCUT2D eigenvalue weighted by Gasteiger charge is 2.29. The molecule has 108 valence electrons. The fourth-order valence-electron chi connectivity index (χ4n) is 2.33. The molecule has 0 aromatic carbocycles. The molecule has 0 bridgehead atoms. The third-order valence-electron chi connectivity index (χ3n) is 3.36. The van der Waals surface area contributed by atoms with Crippen LogP contribution in [-0.2, 0) is 0 Å². The molecule has 2 aromatic rings. The fraction of sp³-hybridized carbons (Fsp3) is 0.333. The van der Waals surface area contributed by atoms with E-state index in [1.807, 2.05) is 25.1 Å². The molecule has 0 saturated carbocycles. The van der Waals surface area contributed by atoms with Crippen LogP contribution in [0.25, 0.3) is 0 Å². The maximum Gasteiger partial charge on any atom is 0.274 e. The number of pyridine rings is 1. The predicted octanol–water partition coefficient (Wildman–Crippen LogP) is 1.47. The van der Waals surface area contributed by atoms with Crippen LogP contribution in [0.4, 0.5) is 0 Å². The molecular formula is C15H16N4O2. The lowest BCUT2D eigenvalue weighted by Crippen LogP contribution is -2.31. The summed E-state index contributed by atoms with van der Waals surface area (Å²) in [5.41, 5.74) is 1.28. The van der Waals surface area contributed by atoms with E-state index in [2.05, 4.69) is 15.0 Å². The van der Waals surface area contributed by atoms with Gasteiger partial charge in [-0.15, -0.1) is 0 Å². The second-order valence-corrected chi connectivity index (χ2v) is 4.99. The summed E-state index contributed by atoms with van der Waals surface area (Å²) in [6.07, 6.45) is 5.32. The van der Waals surface area contributed by atoms with Crippen molar-refractivity contribution in [2.24, 2.45) is 0 Å². The minimum absolute atomic E-state index is 0.0279. The first-order valence-electron chi connectivity index (χ1n) is 6.88. The molecule has 0 N–H and O–H groups in total. The van der Waals surface area contributed by atoms with E-state index in [4.69, 9.17) is 4.74 Å². The van der Waals surface area contributed by atoms with Crippen LogP contribution in [0, 0.1) is 6.92 Å². The van der Waals surface area contributed by atoms with Crippen LogP contribution in [0.5, 0.6) is 5.88 Å². The summed E-state index contributed by atoms with van der Waals surface area (Å²) in [5.74, 6) is 0.500. The maximum absolute atomic E-state index is 12.3. The predicted molar refractivity (Wildman–Crippen MR) is 75.9 cm³/mol. The minimum atomic E-state index is -0.105. The van der Waals surface area contributed by atoms with Gasteiger partial charge in [-0.05, 0) is 13.0 Å². The highest BCUT2D eigenvalue weighted by Crippen LogP contribution is 2.18. The molecule has 2 aromatic heterocycles. The molecule has 0 radical (unpaired) electrons. The van der Waals surface area contributed by atoms with Crippen LogP contribution in [-0.4, -0.2) is 45.0 Å². The van der Waals surface area contributed by atoms with Crippen molar-refractivity contribution in [1.29, 1.82) is 0 Å². The van der Waals surface area contributed by atoms with Gasteiger partial charge in [-0.1, -0.05) is 6.07 Å². The summed E-state index contributed by atoms with van der Waals surface area (Å²) in [6, 6.07) is 5.67. The largest absolute Gasteiger partial charge is 0.472 e. The molecule has 6 nitrogen and oxygen atoms in total. The Labute approximate surface area is 122 Å². The van der Waals surface area contributed by atoms with Crippen molar-refractivity contribution in [3.63, 3.8) is 0 Å². The highest BCUT2D eigenvalue weighted by molar-refractivity contribution is 5.92. The molecule has 1 aliphatic heterocycles. The van der Waals surface area contributed by atoms with Gasteiger partial charge in [0.15, 0.2) is 0 Å². The monoisotopic (exact) mass is 284 g/mol. The number of aromatic nitrogens is 3. The normalized spacial score (nSPS) is 17.8. The van der Waals surface area contributed by atoms with Crippen molar-refractivity contribution in [2.45, 2.75) is 19.4 Å². The molecule has 0 spiro atoms. The van der Waals surface area contributed by atoms with E-state index in [0.29, 0.717) is 24.7 Å². The lowest BCUT2D eigenvalue weighted by atomic mass is 10.3. The van der Waals surface area contributed by atoms with E-state index in [9.17, 15) is 4.79 Å². The van der Waals surface area contributed by atoms with Gasteiger partial charge in [0, 0.05) is 37.1 Å². The molecule has 1 amide bonds. The number of likely N-dealkylation sites (tertiary alicyclic amines) is 1. The third kappa shape index (κ3) is 3.16. The SMILES string of the molecule is Cc1cccc(OC2CCN(C(=O)c3cnccn3)C2)n1. The van der Waals surface area contributed by atoms with Crippen molar-refractivity contribution < 1.29 is 9.53 Å². The van der Waals surface area contributed by atoms with Crippen molar-refractivity contribution >= 4 is 5.91 Å². The van der Waals surface area contributed by atoms with Crippen LogP contribution >= 0.6 is 0 Å². The first-order chi connectivity index (χ1) is 10.2. The lowest BCUT2D eigenvalue weighted by Gasteiger charge is -2.16. The van der Waals surface area contributed by atoms with E-state index in [1.54, 1.807) is 11.1 Å². The number of rotatable bonds is 3. The van der Waals surface area contributed by atoms with Crippen LogP contribution in [0.2, 0.25) is 0 Å². The van der Waals surface area contributed by atoms with Crippen LogP contribution in [0.1, 0.15) is 22.6 Å². The maximum atomic E-state index is 12.3. The van der Waals surface area contributed by atoms with Gasteiger partial charge in [0.05, 0.1) is 12.7 Å². The van der Waals surface area contributed by atoms with Crippen LogP contribution < -0.4 is 4.74 Å². The Hall–Kier alpha value is -2.50. The molecule has 1 atom stereocenters. The molecular weight excluding hydrogens is 268 g/mol. The molecule has 1 saturated heterocycles. The Morgan fingerprint density at radius 1 is 1.38 bits per heavy atom.